The standard InChI is InChI=1S/C13H28N4O4S.HI/c1-13(2,3)21-12(18)17-8-6-7-15-11(14-4)16-9-10-22(5,19)20;/h6-10H2,1-5H3,(H,17,18)(H2,14,15,16);1H. The smallest absolute Gasteiger partial charge is 0.407 e. The van der Waals surface area contributed by atoms with Crippen LogP contribution in [0.2, 0.25) is 0 Å². The lowest BCUT2D eigenvalue weighted by atomic mass is 10.2. The van der Waals surface area contributed by atoms with E-state index >= 15 is 0 Å². The fourth-order valence-electron chi connectivity index (χ4n) is 1.38. The number of carbonyl (C=O) groups excluding carboxylic acids is 1. The number of hydrogen-bond acceptors (Lipinski definition) is 5. The molecule has 10 heteroatoms. The van der Waals surface area contributed by atoms with Crippen LogP contribution in [-0.2, 0) is 14.6 Å². The monoisotopic (exact) mass is 464 g/mol. The second-order valence-electron chi connectivity index (χ2n) is 5.84. The summed E-state index contributed by atoms with van der Waals surface area (Å²) in [5.41, 5.74) is -0.506. The van der Waals surface area contributed by atoms with Gasteiger partial charge >= 0.3 is 6.09 Å². The Morgan fingerprint density at radius 3 is 2.09 bits per heavy atom. The lowest BCUT2D eigenvalue weighted by molar-refractivity contribution is 0.0527. The van der Waals surface area contributed by atoms with Crippen molar-refractivity contribution in [3.63, 3.8) is 0 Å². The molecular formula is C13H29IN4O4S. The molecule has 3 N–H and O–H groups in total. The van der Waals surface area contributed by atoms with Crippen LogP contribution in [0.25, 0.3) is 0 Å². The zero-order valence-electron chi connectivity index (χ0n) is 14.4. The summed E-state index contributed by atoms with van der Waals surface area (Å²) in [6.45, 7) is 6.78. The molecule has 0 bridgehead atoms. The van der Waals surface area contributed by atoms with E-state index in [0.717, 1.165) is 0 Å². The van der Waals surface area contributed by atoms with Crippen LogP contribution >= 0.6 is 24.0 Å². The van der Waals surface area contributed by atoms with Crippen LogP contribution in [0, 0.1) is 0 Å². The Bertz CT molecular complexity index is 475. The second-order valence-corrected chi connectivity index (χ2v) is 8.10. The number of ether oxygens (including phenoxy) is 1. The van der Waals surface area contributed by atoms with Gasteiger partial charge in [-0.3, -0.25) is 4.99 Å². The number of aliphatic imine (C=N–C) groups is 1. The average molecular weight is 464 g/mol. The van der Waals surface area contributed by atoms with Crippen molar-refractivity contribution in [3.05, 3.63) is 0 Å². The first-order valence-electron chi connectivity index (χ1n) is 7.12. The van der Waals surface area contributed by atoms with Gasteiger partial charge in [0.1, 0.15) is 15.4 Å². The number of amides is 1. The Balaban J connectivity index is 0. The van der Waals surface area contributed by atoms with Crippen LogP contribution in [0.15, 0.2) is 4.99 Å². The minimum Gasteiger partial charge on any atom is -0.444 e. The van der Waals surface area contributed by atoms with Crippen molar-refractivity contribution in [1.82, 2.24) is 16.0 Å². The molecule has 0 radical (unpaired) electrons. The Morgan fingerprint density at radius 2 is 1.61 bits per heavy atom. The molecule has 0 saturated heterocycles. The molecule has 0 unspecified atom stereocenters. The van der Waals surface area contributed by atoms with Gasteiger partial charge in [0.2, 0.25) is 0 Å². The average Bonchev–Trinajstić information content (AvgIpc) is 2.32. The van der Waals surface area contributed by atoms with Gasteiger partial charge in [0.25, 0.3) is 0 Å². The summed E-state index contributed by atoms with van der Waals surface area (Å²) < 4.78 is 27.1. The minimum absolute atomic E-state index is 0. The number of sulfone groups is 1. The van der Waals surface area contributed by atoms with Crippen molar-refractivity contribution in [1.29, 1.82) is 0 Å². The van der Waals surface area contributed by atoms with Crippen molar-refractivity contribution in [2.75, 3.05) is 38.7 Å². The number of guanidine groups is 1. The maximum absolute atomic E-state index is 11.4. The molecule has 0 aliphatic carbocycles. The van der Waals surface area contributed by atoms with Gasteiger partial charge in [-0.15, -0.1) is 24.0 Å². The molecule has 0 spiro atoms. The topological polar surface area (TPSA) is 109 Å². The lowest BCUT2D eigenvalue weighted by Crippen LogP contribution is -2.40. The quantitative estimate of drug-likeness (QED) is 0.222. The molecule has 0 atom stereocenters. The van der Waals surface area contributed by atoms with Crippen LogP contribution in [-0.4, -0.2) is 64.8 Å². The molecule has 0 saturated carbocycles. The van der Waals surface area contributed by atoms with Gasteiger partial charge in [0.15, 0.2) is 5.96 Å². The predicted octanol–water partition coefficient (Wildman–Crippen LogP) is 0.729. The molecule has 23 heavy (non-hydrogen) atoms. The summed E-state index contributed by atoms with van der Waals surface area (Å²) in [6, 6.07) is 0. The van der Waals surface area contributed by atoms with E-state index in [1.165, 1.54) is 6.26 Å². The highest BCUT2D eigenvalue weighted by Crippen LogP contribution is 2.06. The summed E-state index contributed by atoms with van der Waals surface area (Å²) in [4.78, 5) is 15.4. The van der Waals surface area contributed by atoms with Gasteiger partial charge in [-0.05, 0) is 27.2 Å². The normalized spacial score (nSPS) is 12.1. The summed E-state index contributed by atoms with van der Waals surface area (Å²) in [5.74, 6) is 0.578. The fourth-order valence-corrected chi connectivity index (χ4v) is 1.85. The van der Waals surface area contributed by atoms with Gasteiger partial charge in [-0.25, -0.2) is 13.2 Å². The molecule has 0 aliphatic rings. The van der Waals surface area contributed by atoms with Crippen molar-refractivity contribution < 1.29 is 17.9 Å². The summed E-state index contributed by atoms with van der Waals surface area (Å²) in [7, 11) is -1.38. The minimum atomic E-state index is -2.99. The highest BCUT2D eigenvalue weighted by atomic mass is 127. The molecule has 138 valence electrons. The van der Waals surface area contributed by atoms with E-state index in [1.807, 2.05) is 0 Å². The third-order valence-corrected chi connectivity index (χ3v) is 3.25. The van der Waals surface area contributed by atoms with E-state index in [4.69, 9.17) is 4.74 Å². The zero-order chi connectivity index (χ0) is 17.2. The Hall–Kier alpha value is -0.780. The number of alkyl carbamates (subject to hydrolysis) is 1. The molecule has 0 aromatic carbocycles. The van der Waals surface area contributed by atoms with Crippen LogP contribution < -0.4 is 16.0 Å². The highest BCUT2D eigenvalue weighted by Gasteiger charge is 2.15. The third kappa shape index (κ3) is 17.4. The van der Waals surface area contributed by atoms with E-state index in [9.17, 15) is 13.2 Å². The molecule has 0 aliphatic heterocycles. The van der Waals surface area contributed by atoms with Crippen LogP contribution in [0.1, 0.15) is 27.2 Å². The largest absolute Gasteiger partial charge is 0.444 e. The third-order valence-electron chi connectivity index (χ3n) is 2.30. The first kappa shape index (κ1) is 24.5. The number of halogens is 1. The molecule has 0 heterocycles. The molecular weight excluding hydrogens is 435 g/mol. The zero-order valence-corrected chi connectivity index (χ0v) is 17.6. The second kappa shape index (κ2) is 11.7. The SMILES string of the molecule is CN=C(NCCCNC(=O)OC(C)(C)C)NCCS(C)(=O)=O.I. The van der Waals surface area contributed by atoms with Crippen LogP contribution in [0.5, 0.6) is 0 Å². The van der Waals surface area contributed by atoms with Crippen molar-refractivity contribution in [3.8, 4) is 0 Å². The van der Waals surface area contributed by atoms with E-state index in [1.54, 1.807) is 27.8 Å². The van der Waals surface area contributed by atoms with Crippen molar-refractivity contribution in [2.45, 2.75) is 32.8 Å². The molecule has 1 amide bonds. The number of hydrogen-bond donors (Lipinski definition) is 3. The first-order chi connectivity index (χ1) is 10.0. The van der Waals surface area contributed by atoms with Gasteiger partial charge in [0, 0.05) is 32.9 Å². The number of nitrogens with zero attached hydrogens (tertiary/aromatic N) is 1. The molecule has 0 aromatic rings. The summed E-state index contributed by atoms with van der Waals surface area (Å²) in [5, 5.41) is 8.59. The van der Waals surface area contributed by atoms with E-state index in [-0.39, 0.29) is 29.7 Å². The molecule has 0 aromatic heterocycles. The highest BCUT2D eigenvalue weighted by molar-refractivity contribution is 14.0. The van der Waals surface area contributed by atoms with E-state index in [2.05, 4.69) is 20.9 Å². The van der Waals surface area contributed by atoms with Crippen LogP contribution in [0.4, 0.5) is 4.79 Å². The number of rotatable bonds is 7. The molecule has 0 fully saturated rings. The predicted molar refractivity (Wildman–Crippen MR) is 103 cm³/mol. The maximum atomic E-state index is 11.4. The fraction of sp³-hybridized carbons (Fsp3) is 0.846. The Kier molecular flexibility index (Phi) is 12.5. The van der Waals surface area contributed by atoms with Gasteiger partial charge < -0.3 is 20.7 Å². The molecule has 0 rings (SSSR count). The molecule has 8 nitrogen and oxygen atoms in total. The van der Waals surface area contributed by atoms with Crippen molar-refractivity contribution >= 4 is 45.9 Å². The van der Waals surface area contributed by atoms with Crippen molar-refractivity contribution in [2.24, 2.45) is 4.99 Å². The Labute approximate surface area is 156 Å². The maximum Gasteiger partial charge on any atom is 0.407 e. The van der Waals surface area contributed by atoms with E-state index < -0.39 is 21.5 Å². The Morgan fingerprint density at radius 1 is 1.09 bits per heavy atom. The number of nitrogens with one attached hydrogen (secondary N) is 3. The van der Waals surface area contributed by atoms with Gasteiger partial charge in [0.05, 0.1) is 5.75 Å². The lowest BCUT2D eigenvalue weighted by Gasteiger charge is -2.19. The van der Waals surface area contributed by atoms with E-state index in [0.29, 0.717) is 32.0 Å². The summed E-state index contributed by atoms with van der Waals surface area (Å²) >= 11 is 0. The first-order valence-corrected chi connectivity index (χ1v) is 9.18. The van der Waals surface area contributed by atoms with Gasteiger partial charge in [-0.2, -0.15) is 0 Å². The summed E-state index contributed by atoms with van der Waals surface area (Å²) in [6.07, 6.45) is 1.43. The van der Waals surface area contributed by atoms with Crippen LogP contribution in [0.3, 0.4) is 0 Å². The van der Waals surface area contributed by atoms with Gasteiger partial charge in [-0.1, -0.05) is 0 Å². The number of carbonyl (C=O) groups is 1.